The van der Waals surface area contributed by atoms with E-state index < -0.39 is 0 Å². The minimum atomic E-state index is 0.823. The normalized spacial score (nSPS) is 16.4. The number of rotatable bonds is 5. The number of hydrogen-bond acceptors (Lipinski definition) is 2. The zero-order valence-corrected chi connectivity index (χ0v) is 9.13. The van der Waals surface area contributed by atoms with E-state index in [1.54, 1.807) is 0 Å². The van der Waals surface area contributed by atoms with Gasteiger partial charge in [-0.15, -0.1) is 0 Å². The van der Waals surface area contributed by atoms with Gasteiger partial charge in [0.2, 0.25) is 0 Å². The van der Waals surface area contributed by atoms with E-state index in [4.69, 9.17) is 0 Å². The topological polar surface area (TPSA) is 29.9 Å². The second-order valence-electron chi connectivity index (χ2n) is 3.50. The van der Waals surface area contributed by atoms with Crippen molar-refractivity contribution in [1.82, 2.24) is 15.1 Å². The Morgan fingerprint density at radius 3 is 3.08 bits per heavy atom. The van der Waals surface area contributed by atoms with Crippen LogP contribution in [0.2, 0.25) is 0 Å². The summed E-state index contributed by atoms with van der Waals surface area (Å²) in [5, 5.41) is 7.67. The SMILES string of the molecule is Brc1cnn(CCCNC2CC2)c1. The van der Waals surface area contributed by atoms with Crippen LogP contribution >= 0.6 is 15.9 Å². The van der Waals surface area contributed by atoms with Crippen molar-refractivity contribution in [2.45, 2.75) is 31.8 Å². The van der Waals surface area contributed by atoms with Crippen molar-refractivity contribution in [2.75, 3.05) is 6.54 Å². The molecule has 1 aliphatic rings. The molecular formula is C9H14BrN3. The molecule has 72 valence electrons. The Balaban J connectivity index is 1.61. The van der Waals surface area contributed by atoms with Gasteiger partial charge in [0.25, 0.3) is 0 Å². The van der Waals surface area contributed by atoms with Gasteiger partial charge in [0.15, 0.2) is 0 Å². The maximum Gasteiger partial charge on any atom is 0.0632 e. The number of nitrogens with zero attached hydrogens (tertiary/aromatic N) is 2. The van der Waals surface area contributed by atoms with Gasteiger partial charge in [-0.25, -0.2) is 0 Å². The van der Waals surface area contributed by atoms with Crippen molar-refractivity contribution in [2.24, 2.45) is 0 Å². The lowest BCUT2D eigenvalue weighted by Gasteiger charge is -2.02. The molecule has 3 nitrogen and oxygen atoms in total. The molecule has 0 aliphatic heterocycles. The molecule has 0 unspecified atom stereocenters. The first kappa shape index (κ1) is 9.21. The molecular weight excluding hydrogens is 230 g/mol. The average Bonchev–Trinajstić information content (AvgIpc) is 2.84. The third-order valence-corrected chi connectivity index (χ3v) is 2.59. The van der Waals surface area contributed by atoms with Gasteiger partial charge >= 0.3 is 0 Å². The molecule has 0 atom stereocenters. The first-order valence-electron chi connectivity index (χ1n) is 4.76. The monoisotopic (exact) mass is 243 g/mol. The van der Waals surface area contributed by atoms with Crippen molar-refractivity contribution in [1.29, 1.82) is 0 Å². The number of aryl methyl sites for hydroxylation is 1. The van der Waals surface area contributed by atoms with Gasteiger partial charge in [-0.2, -0.15) is 5.10 Å². The molecule has 0 aromatic carbocycles. The summed E-state index contributed by atoms with van der Waals surface area (Å²) in [6.45, 7) is 2.12. The molecule has 1 fully saturated rings. The highest BCUT2D eigenvalue weighted by molar-refractivity contribution is 9.10. The maximum atomic E-state index is 4.19. The van der Waals surface area contributed by atoms with Crippen LogP contribution in [-0.2, 0) is 6.54 Å². The summed E-state index contributed by atoms with van der Waals surface area (Å²) >= 11 is 3.38. The molecule has 0 spiro atoms. The summed E-state index contributed by atoms with van der Waals surface area (Å²) in [6.07, 6.45) is 7.73. The smallest absolute Gasteiger partial charge is 0.0632 e. The first-order chi connectivity index (χ1) is 6.34. The fourth-order valence-electron chi connectivity index (χ4n) is 1.30. The van der Waals surface area contributed by atoms with E-state index in [0.29, 0.717) is 0 Å². The molecule has 1 aromatic rings. The lowest BCUT2D eigenvalue weighted by atomic mass is 10.4. The highest BCUT2D eigenvalue weighted by Gasteiger charge is 2.19. The second kappa shape index (κ2) is 4.24. The molecule has 1 N–H and O–H groups in total. The standard InChI is InChI=1S/C9H14BrN3/c10-8-6-12-13(7-8)5-1-4-11-9-2-3-9/h6-7,9,11H,1-5H2. The van der Waals surface area contributed by atoms with Crippen LogP contribution in [0.25, 0.3) is 0 Å². The van der Waals surface area contributed by atoms with E-state index in [0.717, 1.165) is 30.0 Å². The van der Waals surface area contributed by atoms with Gasteiger partial charge in [-0.05, 0) is 41.7 Å². The highest BCUT2D eigenvalue weighted by atomic mass is 79.9. The fraction of sp³-hybridized carbons (Fsp3) is 0.667. The Kier molecular flexibility index (Phi) is 3.01. The lowest BCUT2D eigenvalue weighted by Crippen LogP contribution is -2.18. The highest BCUT2D eigenvalue weighted by Crippen LogP contribution is 2.18. The minimum Gasteiger partial charge on any atom is -0.314 e. The minimum absolute atomic E-state index is 0.823. The Bertz CT molecular complexity index is 268. The van der Waals surface area contributed by atoms with Crippen LogP contribution in [0, 0.1) is 0 Å². The van der Waals surface area contributed by atoms with Crippen LogP contribution in [0.3, 0.4) is 0 Å². The van der Waals surface area contributed by atoms with E-state index in [1.807, 2.05) is 17.1 Å². The molecule has 1 aliphatic carbocycles. The van der Waals surface area contributed by atoms with Crippen molar-refractivity contribution < 1.29 is 0 Å². The van der Waals surface area contributed by atoms with Crippen LogP contribution < -0.4 is 5.32 Å². The second-order valence-corrected chi connectivity index (χ2v) is 4.42. The molecule has 1 heterocycles. The maximum absolute atomic E-state index is 4.19. The van der Waals surface area contributed by atoms with Gasteiger partial charge in [-0.1, -0.05) is 0 Å². The van der Waals surface area contributed by atoms with Gasteiger partial charge in [-0.3, -0.25) is 4.68 Å². The summed E-state index contributed by atoms with van der Waals surface area (Å²) in [4.78, 5) is 0. The summed E-state index contributed by atoms with van der Waals surface area (Å²) in [7, 11) is 0. The van der Waals surface area contributed by atoms with Gasteiger partial charge in [0.05, 0.1) is 10.7 Å². The van der Waals surface area contributed by atoms with Crippen molar-refractivity contribution in [3.63, 3.8) is 0 Å². The fourth-order valence-corrected chi connectivity index (χ4v) is 1.62. The summed E-state index contributed by atoms with van der Waals surface area (Å²) in [5.41, 5.74) is 0. The van der Waals surface area contributed by atoms with Crippen molar-refractivity contribution in [3.8, 4) is 0 Å². The van der Waals surface area contributed by atoms with Crippen molar-refractivity contribution in [3.05, 3.63) is 16.9 Å². The van der Waals surface area contributed by atoms with Gasteiger partial charge in [0.1, 0.15) is 0 Å². The number of halogens is 1. The summed E-state index contributed by atoms with van der Waals surface area (Å²) in [5.74, 6) is 0. The largest absolute Gasteiger partial charge is 0.314 e. The van der Waals surface area contributed by atoms with E-state index in [9.17, 15) is 0 Å². The van der Waals surface area contributed by atoms with Crippen LogP contribution in [0.1, 0.15) is 19.3 Å². The van der Waals surface area contributed by atoms with Gasteiger partial charge < -0.3 is 5.32 Å². The van der Waals surface area contributed by atoms with Crippen LogP contribution in [-0.4, -0.2) is 22.4 Å². The van der Waals surface area contributed by atoms with Crippen LogP contribution in [0.4, 0.5) is 0 Å². The lowest BCUT2D eigenvalue weighted by molar-refractivity contribution is 0.542. The molecule has 0 saturated heterocycles. The third kappa shape index (κ3) is 3.12. The third-order valence-electron chi connectivity index (χ3n) is 2.18. The molecule has 0 amide bonds. The van der Waals surface area contributed by atoms with E-state index in [-0.39, 0.29) is 0 Å². The molecule has 4 heteroatoms. The number of hydrogen-bond donors (Lipinski definition) is 1. The van der Waals surface area contributed by atoms with E-state index in [1.165, 1.54) is 12.8 Å². The summed E-state index contributed by atoms with van der Waals surface area (Å²) < 4.78 is 3.03. The molecule has 0 radical (unpaired) electrons. The Morgan fingerprint density at radius 1 is 1.62 bits per heavy atom. The van der Waals surface area contributed by atoms with Crippen LogP contribution in [0.5, 0.6) is 0 Å². The predicted molar refractivity (Wildman–Crippen MR) is 55.6 cm³/mol. The van der Waals surface area contributed by atoms with Crippen LogP contribution in [0.15, 0.2) is 16.9 Å². The number of aromatic nitrogens is 2. The van der Waals surface area contributed by atoms with E-state index >= 15 is 0 Å². The average molecular weight is 244 g/mol. The summed E-state index contributed by atoms with van der Waals surface area (Å²) in [6, 6.07) is 0.823. The molecule has 1 aromatic heterocycles. The molecule has 2 rings (SSSR count). The molecule has 1 saturated carbocycles. The van der Waals surface area contributed by atoms with Gasteiger partial charge in [0, 0.05) is 18.8 Å². The predicted octanol–water partition coefficient (Wildman–Crippen LogP) is 1.79. The zero-order chi connectivity index (χ0) is 9.10. The Morgan fingerprint density at radius 2 is 2.46 bits per heavy atom. The Labute approximate surface area is 86.6 Å². The Hall–Kier alpha value is -0.350. The first-order valence-corrected chi connectivity index (χ1v) is 5.55. The van der Waals surface area contributed by atoms with Crippen molar-refractivity contribution >= 4 is 15.9 Å². The molecule has 13 heavy (non-hydrogen) atoms. The number of nitrogens with one attached hydrogen (secondary N) is 1. The zero-order valence-electron chi connectivity index (χ0n) is 7.54. The van der Waals surface area contributed by atoms with E-state index in [2.05, 4.69) is 26.3 Å². The quantitative estimate of drug-likeness (QED) is 0.800. The molecule has 0 bridgehead atoms.